The Morgan fingerprint density at radius 2 is 1.94 bits per heavy atom. The zero-order valence-electron chi connectivity index (χ0n) is 21.2. The number of nitrogens with zero attached hydrogens (tertiary/aromatic N) is 2. The van der Waals surface area contributed by atoms with Gasteiger partial charge in [-0.2, -0.15) is 0 Å². The summed E-state index contributed by atoms with van der Waals surface area (Å²) >= 11 is 0. The van der Waals surface area contributed by atoms with Crippen molar-refractivity contribution in [3.8, 4) is 0 Å². The molecule has 0 spiro atoms. The number of hydrogen-bond donors (Lipinski definition) is 0. The second-order valence-corrected chi connectivity index (χ2v) is 10.3. The van der Waals surface area contributed by atoms with E-state index in [-0.39, 0.29) is 18.9 Å². The number of carbonyl (C=O) groups is 2. The summed E-state index contributed by atoms with van der Waals surface area (Å²) in [6.45, 7) is 7.56. The molecule has 1 amide bonds. The van der Waals surface area contributed by atoms with Gasteiger partial charge in [0.1, 0.15) is 18.2 Å². The molecular weight excluding hydrogens is 440 g/mol. The van der Waals surface area contributed by atoms with Crippen LogP contribution < -0.4 is 0 Å². The molecule has 184 valence electrons. The average molecular weight is 475 g/mol. The Balaban J connectivity index is 1.50. The SMILES string of the molecule is Cc1ccc(C[C@@H](C(=O)OC(C)(C)C)N(C)C(=O)OCC2C3=C(CCC=C3)c3ccccc32)cn1. The fourth-order valence-electron chi connectivity index (χ4n) is 4.70. The molecule has 0 aliphatic heterocycles. The number of benzene rings is 1. The predicted molar refractivity (Wildman–Crippen MR) is 136 cm³/mol. The van der Waals surface area contributed by atoms with Gasteiger partial charge in [-0.25, -0.2) is 9.59 Å². The Morgan fingerprint density at radius 3 is 2.66 bits per heavy atom. The molecule has 6 nitrogen and oxygen atoms in total. The molecule has 1 aromatic heterocycles. The number of allylic oxidation sites excluding steroid dienone is 3. The highest BCUT2D eigenvalue weighted by atomic mass is 16.6. The van der Waals surface area contributed by atoms with E-state index in [1.165, 1.54) is 27.2 Å². The molecule has 35 heavy (non-hydrogen) atoms. The van der Waals surface area contributed by atoms with Gasteiger partial charge < -0.3 is 9.47 Å². The van der Waals surface area contributed by atoms with Crippen molar-refractivity contribution >= 4 is 17.6 Å². The van der Waals surface area contributed by atoms with E-state index in [4.69, 9.17) is 9.47 Å². The molecule has 1 heterocycles. The molecule has 0 saturated heterocycles. The normalized spacial score (nSPS) is 17.5. The number of aromatic nitrogens is 1. The Hall–Kier alpha value is -3.41. The maximum absolute atomic E-state index is 13.2. The van der Waals surface area contributed by atoms with Gasteiger partial charge in [0.05, 0.1) is 0 Å². The van der Waals surface area contributed by atoms with E-state index in [1.54, 1.807) is 13.2 Å². The molecule has 2 aliphatic rings. The number of ether oxygens (including phenoxy) is 2. The standard InChI is InChI=1S/C29H34N2O4/c1-19-14-15-20(17-30-19)16-26(27(32)35-29(2,3)4)31(5)28(33)34-18-25-23-12-8-6-10-21(23)22-11-7-9-13-24(22)25/h6,8-10,12-15,17,25-26H,7,11,16,18H2,1-5H3/t25?,26-/m0/s1. The van der Waals surface area contributed by atoms with Crippen molar-refractivity contribution in [2.75, 3.05) is 13.7 Å². The largest absolute Gasteiger partial charge is 0.458 e. The summed E-state index contributed by atoms with van der Waals surface area (Å²) in [6.07, 6.45) is 7.83. The third kappa shape index (κ3) is 5.64. The van der Waals surface area contributed by atoms with Crippen LogP contribution in [0, 0.1) is 6.92 Å². The number of hydrogen-bond acceptors (Lipinski definition) is 5. The number of likely N-dealkylation sites (N-methyl/N-ethyl adjacent to an activating group) is 1. The molecule has 2 atom stereocenters. The molecule has 0 radical (unpaired) electrons. The summed E-state index contributed by atoms with van der Waals surface area (Å²) in [5.74, 6) is -0.472. The molecular formula is C29H34N2O4. The van der Waals surface area contributed by atoms with E-state index in [9.17, 15) is 9.59 Å². The Morgan fingerprint density at radius 1 is 1.17 bits per heavy atom. The molecule has 0 N–H and O–H groups in total. The van der Waals surface area contributed by atoms with E-state index in [2.05, 4.69) is 35.3 Å². The number of fused-ring (bicyclic) bond motifs is 2. The first-order valence-electron chi connectivity index (χ1n) is 12.2. The second-order valence-electron chi connectivity index (χ2n) is 10.3. The van der Waals surface area contributed by atoms with Crippen molar-refractivity contribution in [2.24, 2.45) is 0 Å². The van der Waals surface area contributed by atoms with Crippen LogP contribution in [0.4, 0.5) is 4.79 Å². The van der Waals surface area contributed by atoms with E-state index < -0.39 is 23.7 Å². The van der Waals surface area contributed by atoms with E-state index in [1.807, 2.05) is 45.9 Å². The summed E-state index contributed by atoms with van der Waals surface area (Å²) in [7, 11) is 1.59. The van der Waals surface area contributed by atoms with Crippen molar-refractivity contribution in [2.45, 2.75) is 64.5 Å². The van der Waals surface area contributed by atoms with Crippen molar-refractivity contribution in [3.05, 3.63) is 82.7 Å². The van der Waals surface area contributed by atoms with E-state index in [0.717, 1.165) is 24.1 Å². The lowest BCUT2D eigenvalue weighted by Gasteiger charge is -2.30. The Bertz CT molecular complexity index is 1160. The third-order valence-corrected chi connectivity index (χ3v) is 6.45. The molecule has 2 aliphatic carbocycles. The average Bonchev–Trinajstić information content (AvgIpc) is 3.14. The number of carbonyl (C=O) groups excluding carboxylic acids is 2. The van der Waals surface area contributed by atoms with Crippen molar-refractivity contribution in [3.63, 3.8) is 0 Å². The summed E-state index contributed by atoms with van der Waals surface area (Å²) in [6, 6.07) is 11.3. The van der Waals surface area contributed by atoms with Crippen molar-refractivity contribution < 1.29 is 19.1 Å². The monoisotopic (exact) mass is 474 g/mol. The maximum Gasteiger partial charge on any atom is 0.410 e. The second kappa shape index (κ2) is 10.1. The van der Waals surface area contributed by atoms with Gasteiger partial charge in [-0.15, -0.1) is 0 Å². The van der Waals surface area contributed by atoms with E-state index in [0.29, 0.717) is 0 Å². The van der Waals surface area contributed by atoms with Crippen LogP contribution in [0.15, 0.2) is 60.3 Å². The number of rotatable bonds is 6. The number of pyridine rings is 1. The molecule has 1 aromatic carbocycles. The van der Waals surface area contributed by atoms with E-state index >= 15 is 0 Å². The van der Waals surface area contributed by atoms with Crippen LogP contribution >= 0.6 is 0 Å². The fraction of sp³-hybridized carbons (Fsp3) is 0.414. The van der Waals surface area contributed by atoms with Gasteiger partial charge in [0.25, 0.3) is 0 Å². The van der Waals surface area contributed by atoms with Gasteiger partial charge in [0, 0.05) is 31.3 Å². The molecule has 0 bridgehead atoms. The minimum atomic E-state index is -0.827. The van der Waals surface area contributed by atoms with Crippen LogP contribution in [0.5, 0.6) is 0 Å². The van der Waals surface area contributed by atoms with Gasteiger partial charge in [-0.3, -0.25) is 9.88 Å². The third-order valence-electron chi connectivity index (χ3n) is 6.45. The Kier molecular flexibility index (Phi) is 7.10. The topological polar surface area (TPSA) is 68.7 Å². The van der Waals surface area contributed by atoms with Crippen molar-refractivity contribution in [1.82, 2.24) is 9.88 Å². The zero-order valence-corrected chi connectivity index (χ0v) is 21.2. The van der Waals surface area contributed by atoms with Crippen LogP contribution in [0.1, 0.15) is 61.9 Å². The minimum absolute atomic E-state index is 0.00336. The first-order chi connectivity index (χ1) is 16.6. The first kappa shape index (κ1) is 24.7. The molecule has 0 saturated carbocycles. The predicted octanol–water partition coefficient (Wildman–Crippen LogP) is 5.61. The van der Waals surface area contributed by atoms with Crippen LogP contribution in [0.3, 0.4) is 0 Å². The smallest absolute Gasteiger partial charge is 0.410 e. The highest BCUT2D eigenvalue weighted by Gasteiger charge is 2.35. The van der Waals surface area contributed by atoms with Gasteiger partial charge in [0.2, 0.25) is 0 Å². The van der Waals surface area contributed by atoms with Gasteiger partial charge in [-0.1, -0.05) is 42.5 Å². The minimum Gasteiger partial charge on any atom is -0.458 e. The highest BCUT2D eigenvalue weighted by Crippen LogP contribution is 2.46. The summed E-state index contributed by atoms with van der Waals surface area (Å²) < 4.78 is 11.4. The first-order valence-corrected chi connectivity index (χ1v) is 12.2. The lowest BCUT2D eigenvalue weighted by molar-refractivity contribution is -0.160. The Labute approximate surface area is 207 Å². The van der Waals surface area contributed by atoms with Crippen LogP contribution in [-0.4, -0.2) is 47.2 Å². The van der Waals surface area contributed by atoms with Gasteiger partial charge in [-0.05, 0) is 74.4 Å². The summed E-state index contributed by atoms with van der Waals surface area (Å²) in [5, 5.41) is 0. The molecule has 0 fully saturated rings. The molecule has 6 heteroatoms. The molecule has 4 rings (SSSR count). The lowest BCUT2D eigenvalue weighted by Crippen LogP contribution is -2.47. The van der Waals surface area contributed by atoms with Crippen LogP contribution in [0.25, 0.3) is 5.57 Å². The summed E-state index contributed by atoms with van der Waals surface area (Å²) in [4.78, 5) is 31.9. The quantitative estimate of drug-likeness (QED) is 0.509. The molecule has 2 aromatic rings. The van der Waals surface area contributed by atoms with Crippen molar-refractivity contribution in [1.29, 1.82) is 0 Å². The maximum atomic E-state index is 13.2. The number of aryl methyl sites for hydroxylation is 1. The summed E-state index contributed by atoms with van der Waals surface area (Å²) in [5.41, 5.74) is 6.07. The number of amides is 1. The molecule has 1 unspecified atom stereocenters. The zero-order chi connectivity index (χ0) is 25.2. The van der Waals surface area contributed by atoms with Crippen LogP contribution in [0.2, 0.25) is 0 Å². The van der Waals surface area contributed by atoms with Gasteiger partial charge >= 0.3 is 12.1 Å². The fourth-order valence-corrected chi connectivity index (χ4v) is 4.70. The number of esters is 1. The lowest BCUT2D eigenvalue weighted by atomic mass is 9.93. The van der Waals surface area contributed by atoms with Gasteiger partial charge in [0.15, 0.2) is 0 Å². The van der Waals surface area contributed by atoms with Crippen LogP contribution in [-0.2, 0) is 20.7 Å². The highest BCUT2D eigenvalue weighted by molar-refractivity contribution is 5.83.